The van der Waals surface area contributed by atoms with E-state index >= 15 is 0 Å². The lowest BCUT2D eigenvalue weighted by Crippen LogP contribution is -2.42. The minimum absolute atomic E-state index is 0.0220. The van der Waals surface area contributed by atoms with Crippen LogP contribution in [0.4, 0.5) is 0 Å². The van der Waals surface area contributed by atoms with Crippen LogP contribution in [0.2, 0.25) is 0 Å². The van der Waals surface area contributed by atoms with Crippen molar-refractivity contribution in [1.29, 1.82) is 0 Å². The standard InChI is InChI=1S/C17H24N6O2/c1-11(2)16-18-5-7-22(16)10-13-8-14(21-20-13)17(25)23-6-4-15(24)19-9-12(23)3/h5,7-8,11-12H,4,6,9-10H2,1-3H3,(H,19,24)(H,20,21)/t12-/m1/s1. The molecule has 0 bridgehead atoms. The van der Waals surface area contributed by atoms with Crippen molar-refractivity contribution < 1.29 is 9.59 Å². The predicted octanol–water partition coefficient (Wildman–Crippen LogP) is 1.13. The van der Waals surface area contributed by atoms with Crippen LogP contribution >= 0.6 is 0 Å². The number of rotatable bonds is 4. The van der Waals surface area contributed by atoms with E-state index in [4.69, 9.17) is 0 Å². The third kappa shape index (κ3) is 3.72. The number of hydrogen-bond donors (Lipinski definition) is 2. The molecule has 25 heavy (non-hydrogen) atoms. The first-order valence-electron chi connectivity index (χ1n) is 8.58. The van der Waals surface area contributed by atoms with Crippen molar-refractivity contribution in [2.45, 2.75) is 45.7 Å². The van der Waals surface area contributed by atoms with Crippen LogP contribution in [0.5, 0.6) is 0 Å². The number of aromatic nitrogens is 4. The van der Waals surface area contributed by atoms with Gasteiger partial charge in [-0.05, 0) is 13.0 Å². The van der Waals surface area contributed by atoms with E-state index < -0.39 is 0 Å². The molecule has 1 saturated heterocycles. The topological polar surface area (TPSA) is 95.9 Å². The van der Waals surface area contributed by atoms with Gasteiger partial charge in [-0.3, -0.25) is 14.7 Å². The van der Waals surface area contributed by atoms with Gasteiger partial charge in [0.25, 0.3) is 5.91 Å². The first-order chi connectivity index (χ1) is 12.0. The molecular weight excluding hydrogens is 320 g/mol. The second-order valence-corrected chi connectivity index (χ2v) is 6.75. The summed E-state index contributed by atoms with van der Waals surface area (Å²) in [6, 6.07) is 1.72. The highest BCUT2D eigenvalue weighted by Crippen LogP contribution is 2.15. The van der Waals surface area contributed by atoms with Crippen LogP contribution in [0.25, 0.3) is 0 Å². The average Bonchev–Trinajstić information content (AvgIpc) is 3.19. The molecule has 2 N–H and O–H groups in total. The summed E-state index contributed by atoms with van der Waals surface area (Å²) in [5.74, 6) is 1.14. The molecule has 8 heteroatoms. The van der Waals surface area contributed by atoms with Crippen molar-refractivity contribution in [3.8, 4) is 0 Å². The van der Waals surface area contributed by atoms with E-state index in [1.165, 1.54) is 0 Å². The lowest BCUT2D eigenvalue weighted by Gasteiger charge is -2.25. The Morgan fingerprint density at radius 2 is 2.24 bits per heavy atom. The van der Waals surface area contributed by atoms with Crippen molar-refractivity contribution in [3.05, 3.63) is 35.7 Å². The number of carbonyl (C=O) groups is 2. The molecule has 0 aromatic carbocycles. The Balaban J connectivity index is 1.73. The summed E-state index contributed by atoms with van der Waals surface area (Å²) >= 11 is 0. The smallest absolute Gasteiger partial charge is 0.274 e. The van der Waals surface area contributed by atoms with Crippen molar-refractivity contribution in [2.24, 2.45) is 0 Å². The number of nitrogens with zero attached hydrogens (tertiary/aromatic N) is 4. The van der Waals surface area contributed by atoms with Crippen LogP contribution in [0.15, 0.2) is 18.5 Å². The van der Waals surface area contributed by atoms with Crippen molar-refractivity contribution in [2.75, 3.05) is 13.1 Å². The fourth-order valence-corrected chi connectivity index (χ4v) is 3.04. The zero-order chi connectivity index (χ0) is 18.0. The molecule has 0 spiro atoms. The van der Waals surface area contributed by atoms with Crippen LogP contribution in [-0.4, -0.2) is 55.6 Å². The van der Waals surface area contributed by atoms with E-state index in [1.807, 2.05) is 17.7 Å². The van der Waals surface area contributed by atoms with Crippen LogP contribution < -0.4 is 5.32 Å². The fraction of sp³-hybridized carbons (Fsp3) is 0.529. The van der Waals surface area contributed by atoms with Gasteiger partial charge in [-0.15, -0.1) is 0 Å². The Hall–Kier alpha value is -2.64. The molecule has 3 rings (SSSR count). The maximum absolute atomic E-state index is 12.7. The molecular formula is C17H24N6O2. The van der Waals surface area contributed by atoms with E-state index in [9.17, 15) is 9.59 Å². The quantitative estimate of drug-likeness (QED) is 0.869. The highest BCUT2D eigenvalue weighted by Gasteiger charge is 2.27. The average molecular weight is 344 g/mol. The monoisotopic (exact) mass is 344 g/mol. The molecule has 3 heterocycles. The predicted molar refractivity (Wildman–Crippen MR) is 92.1 cm³/mol. The zero-order valence-electron chi connectivity index (χ0n) is 14.8. The second kappa shape index (κ2) is 7.08. The molecule has 134 valence electrons. The van der Waals surface area contributed by atoms with Gasteiger partial charge >= 0.3 is 0 Å². The number of carbonyl (C=O) groups excluding carboxylic acids is 2. The van der Waals surface area contributed by atoms with Crippen molar-refractivity contribution in [1.82, 2.24) is 30.0 Å². The Morgan fingerprint density at radius 3 is 3.00 bits per heavy atom. The molecule has 2 aromatic rings. The Bertz CT molecular complexity index is 763. The largest absolute Gasteiger partial charge is 0.354 e. The van der Waals surface area contributed by atoms with Crippen LogP contribution in [0, 0.1) is 0 Å². The minimum Gasteiger partial charge on any atom is -0.354 e. The van der Waals surface area contributed by atoms with E-state index in [0.29, 0.717) is 37.7 Å². The Kier molecular flexibility index (Phi) is 4.87. The molecule has 1 fully saturated rings. The van der Waals surface area contributed by atoms with E-state index in [-0.39, 0.29) is 17.9 Å². The summed E-state index contributed by atoms with van der Waals surface area (Å²) in [5.41, 5.74) is 1.22. The highest BCUT2D eigenvalue weighted by atomic mass is 16.2. The lowest BCUT2D eigenvalue weighted by atomic mass is 10.2. The van der Waals surface area contributed by atoms with Gasteiger partial charge in [-0.2, -0.15) is 5.10 Å². The molecule has 1 aliphatic heterocycles. The lowest BCUT2D eigenvalue weighted by molar-refractivity contribution is -0.120. The Labute approximate surface area is 146 Å². The normalized spacial score (nSPS) is 18.3. The van der Waals surface area contributed by atoms with Gasteiger partial charge in [0.05, 0.1) is 12.2 Å². The van der Waals surface area contributed by atoms with Gasteiger partial charge in [0.15, 0.2) is 0 Å². The summed E-state index contributed by atoms with van der Waals surface area (Å²) in [7, 11) is 0. The molecule has 0 radical (unpaired) electrons. The minimum atomic E-state index is -0.152. The summed E-state index contributed by atoms with van der Waals surface area (Å²) in [6.45, 7) is 7.58. The molecule has 2 amide bonds. The van der Waals surface area contributed by atoms with Crippen LogP contribution in [0.1, 0.15) is 55.1 Å². The van der Waals surface area contributed by atoms with Gasteiger partial charge < -0.3 is 14.8 Å². The third-order valence-corrected chi connectivity index (χ3v) is 4.42. The third-order valence-electron chi connectivity index (χ3n) is 4.42. The number of hydrogen-bond acceptors (Lipinski definition) is 4. The number of H-pyrrole nitrogens is 1. The first kappa shape index (κ1) is 17.2. The van der Waals surface area contributed by atoms with E-state index in [2.05, 4.69) is 34.3 Å². The maximum atomic E-state index is 12.7. The first-order valence-corrected chi connectivity index (χ1v) is 8.58. The van der Waals surface area contributed by atoms with Gasteiger partial charge in [0.2, 0.25) is 5.91 Å². The zero-order valence-corrected chi connectivity index (χ0v) is 14.8. The van der Waals surface area contributed by atoms with E-state index in [1.54, 1.807) is 17.2 Å². The number of imidazole rings is 1. The SMILES string of the molecule is CC(C)c1nccn1Cc1cc(C(=O)N2CCC(=O)NC[C@H]2C)n[nH]1. The number of aromatic amines is 1. The summed E-state index contributed by atoms with van der Waals surface area (Å²) in [6.07, 6.45) is 4.02. The van der Waals surface area contributed by atoms with Gasteiger partial charge in [0.1, 0.15) is 11.5 Å². The number of nitrogens with one attached hydrogen (secondary N) is 2. The molecule has 2 aromatic heterocycles. The molecule has 8 nitrogen and oxygen atoms in total. The fourth-order valence-electron chi connectivity index (χ4n) is 3.04. The van der Waals surface area contributed by atoms with E-state index in [0.717, 1.165) is 11.5 Å². The van der Waals surface area contributed by atoms with Gasteiger partial charge in [0, 0.05) is 43.9 Å². The summed E-state index contributed by atoms with van der Waals surface area (Å²) < 4.78 is 2.05. The maximum Gasteiger partial charge on any atom is 0.274 e. The highest BCUT2D eigenvalue weighted by molar-refractivity contribution is 5.93. The Morgan fingerprint density at radius 1 is 1.44 bits per heavy atom. The molecule has 0 aliphatic carbocycles. The molecule has 0 saturated carbocycles. The van der Waals surface area contributed by atoms with Crippen molar-refractivity contribution in [3.63, 3.8) is 0 Å². The van der Waals surface area contributed by atoms with Crippen LogP contribution in [0.3, 0.4) is 0 Å². The second-order valence-electron chi connectivity index (χ2n) is 6.75. The van der Waals surface area contributed by atoms with Crippen molar-refractivity contribution >= 4 is 11.8 Å². The molecule has 1 atom stereocenters. The molecule has 1 aliphatic rings. The summed E-state index contributed by atoms with van der Waals surface area (Å²) in [4.78, 5) is 30.3. The summed E-state index contributed by atoms with van der Waals surface area (Å²) in [5, 5.41) is 9.93. The number of amides is 2. The molecule has 0 unspecified atom stereocenters. The van der Waals surface area contributed by atoms with Crippen LogP contribution in [-0.2, 0) is 11.3 Å². The van der Waals surface area contributed by atoms with Gasteiger partial charge in [-0.1, -0.05) is 13.8 Å². The van der Waals surface area contributed by atoms with Gasteiger partial charge in [-0.25, -0.2) is 4.98 Å².